The van der Waals surface area contributed by atoms with Crippen molar-refractivity contribution in [1.82, 2.24) is 0 Å². The van der Waals surface area contributed by atoms with Crippen LogP contribution < -0.4 is 0 Å². The number of allylic oxidation sites excluding steroid dienone is 1. The second-order valence-electron chi connectivity index (χ2n) is 2.68. The minimum Gasteiger partial charge on any atom is -0.295 e. The molecule has 0 amide bonds. The maximum Gasteiger partial charge on any atom is 0.153 e. The average Bonchev–Trinajstić information content (AvgIpc) is 2.18. The molecule has 0 fully saturated rings. The van der Waals surface area contributed by atoms with E-state index in [-0.39, 0.29) is 5.78 Å². The molecule has 3 heteroatoms. The molecular weight excluding hydrogens is 194 g/mol. The lowest BCUT2D eigenvalue weighted by atomic mass is 10.2. The molecule has 0 aliphatic rings. The number of thiocyanates is 1. The van der Waals surface area contributed by atoms with Gasteiger partial charge in [-0.3, -0.25) is 4.79 Å². The highest BCUT2D eigenvalue weighted by molar-refractivity contribution is 8.12. The van der Waals surface area contributed by atoms with E-state index in [1.165, 1.54) is 13.0 Å². The van der Waals surface area contributed by atoms with Crippen molar-refractivity contribution in [1.29, 1.82) is 5.26 Å². The molecule has 0 aromatic heterocycles. The van der Waals surface area contributed by atoms with E-state index >= 15 is 0 Å². The highest BCUT2D eigenvalue weighted by atomic mass is 32.2. The number of hydrogen-bond donors (Lipinski definition) is 0. The summed E-state index contributed by atoms with van der Waals surface area (Å²) in [6.45, 7) is 1.47. The van der Waals surface area contributed by atoms with Gasteiger partial charge in [-0.05, 0) is 30.3 Å². The molecule has 1 rings (SSSR count). The Balaban J connectivity index is 3.02. The van der Waals surface area contributed by atoms with Gasteiger partial charge in [0.05, 0.1) is 0 Å². The monoisotopic (exact) mass is 203 g/mol. The molecule has 1 aromatic carbocycles. The molecule has 0 bridgehead atoms. The van der Waals surface area contributed by atoms with Crippen molar-refractivity contribution in [3.63, 3.8) is 0 Å². The van der Waals surface area contributed by atoms with Gasteiger partial charge < -0.3 is 0 Å². The first-order chi connectivity index (χ1) is 6.74. The summed E-state index contributed by atoms with van der Waals surface area (Å²) < 4.78 is 0. The van der Waals surface area contributed by atoms with Crippen LogP contribution in [-0.4, -0.2) is 5.78 Å². The van der Waals surface area contributed by atoms with E-state index in [1.807, 2.05) is 35.7 Å². The Morgan fingerprint density at radius 1 is 1.43 bits per heavy atom. The first kappa shape index (κ1) is 10.6. The van der Waals surface area contributed by atoms with Gasteiger partial charge in [0.2, 0.25) is 0 Å². The van der Waals surface area contributed by atoms with E-state index < -0.39 is 0 Å². The molecule has 0 N–H and O–H groups in total. The molecule has 0 saturated heterocycles. The van der Waals surface area contributed by atoms with Crippen molar-refractivity contribution < 1.29 is 4.79 Å². The van der Waals surface area contributed by atoms with Crippen LogP contribution in [0.15, 0.2) is 36.4 Å². The third kappa shape index (κ3) is 3.08. The second kappa shape index (κ2) is 5.25. The fraction of sp³-hybridized carbons (Fsp3) is 0.0909. The molecule has 14 heavy (non-hydrogen) atoms. The van der Waals surface area contributed by atoms with Gasteiger partial charge in [-0.2, -0.15) is 5.26 Å². The van der Waals surface area contributed by atoms with Crippen LogP contribution in [0.5, 0.6) is 0 Å². The van der Waals surface area contributed by atoms with Gasteiger partial charge in [0.25, 0.3) is 0 Å². The van der Waals surface area contributed by atoms with E-state index in [9.17, 15) is 4.79 Å². The van der Waals surface area contributed by atoms with E-state index in [0.717, 1.165) is 17.3 Å². The summed E-state index contributed by atoms with van der Waals surface area (Å²) in [5.74, 6) is -0.0494. The Kier molecular flexibility index (Phi) is 3.96. The van der Waals surface area contributed by atoms with Crippen LogP contribution in [0.1, 0.15) is 12.5 Å². The standard InChI is InChI=1S/C11H9NOS/c1-9(13)7-11(14-8-12)10-5-3-2-4-6-10/h2-7H,1H3. The van der Waals surface area contributed by atoms with Gasteiger partial charge in [0.15, 0.2) is 5.78 Å². The van der Waals surface area contributed by atoms with Crippen molar-refractivity contribution in [3.05, 3.63) is 42.0 Å². The Morgan fingerprint density at radius 2 is 2.07 bits per heavy atom. The zero-order valence-corrected chi connectivity index (χ0v) is 8.54. The van der Waals surface area contributed by atoms with Gasteiger partial charge in [0.1, 0.15) is 5.40 Å². The summed E-state index contributed by atoms with van der Waals surface area (Å²) in [4.78, 5) is 11.6. The summed E-state index contributed by atoms with van der Waals surface area (Å²) in [6.07, 6.45) is 1.48. The zero-order chi connectivity index (χ0) is 10.4. The van der Waals surface area contributed by atoms with Gasteiger partial charge in [-0.25, -0.2) is 0 Å². The molecule has 70 valence electrons. The Bertz CT molecular complexity index is 389. The Labute approximate surface area is 87.2 Å². The average molecular weight is 203 g/mol. The lowest BCUT2D eigenvalue weighted by Crippen LogP contribution is -1.85. The molecule has 0 saturated carbocycles. The smallest absolute Gasteiger partial charge is 0.153 e. The number of benzene rings is 1. The van der Waals surface area contributed by atoms with E-state index in [4.69, 9.17) is 5.26 Å². The van der Waals surface area contributed by atoms with Crippen LogP contribution in [0.3, 0.4) is 0 Å². The number of carbonyl (C=O) groups excluding carboxylic acids is 1. The quantitative estimate of drug-likeness (QED) is 0.560. The van der Waals surface area contributed by atoms with Crippen LogP contribution in [0.4, 0.5) is 0 Å². The van der Waals surface area contributed by atoms with Crippen LogP contribution in [0, 0.1) is 10.7 Å². The summed E-state index contributed by atoms with van der Waals surface area (Å²) in [6, 6.07) is 9.40. The number of carbonyl (C=O) groups is 1. The van der Waals surface area contributed by atoms with E-state index in [2.05, 4.69) is 0 Å². The first-order valence-corrected chi connectivity index (χ1v) is 4.89. The highest BCUT2D eigenvalue weighted by Gasteiger charge is 2.02. The van der Waals surface area contributed by atoms with Crippen LogP contribution >= 0.6 is 11.8 Å². The highest BCUT2D eigenvalue weighted by Crippen LogP contribution is 2.25. The van der Waals surface area contributed by atoms with Crippen LogP contribution in [0.2, 0.25) is 0 Å². The topological polar surface area (TPSA) is 40.9 Å². The predicted octanol–water partition coefficient (Wildman–Crippen LogP) is 2.83. The number of rotatable bonds is 3. The maximum atomic E-state index is 10.9. The molecule has 0 atom stereocenters. The lowest BCUT2D eigenvalue weighted by molar-refractivity contribution is -0.112. The number of hydrogen-bond acceptors (Lipinski definition) is 3. The summed E-state index contributed by atoms with van der Waals surface area (Å²) in [7, 11) is 0. The summed E-state index contributed by atoms with van der Waals surface area (Å²) in [5.41, 5.74) is 0.897. The Hall–Kier alpha value is -1.53. The summed E-state index contributed by atoms with van der Waals surface area (Å²) in [5, 5.41) is 10.5. The first-order valence-electron chi connectivity index (χ1n) is 4.07. The molecular formula is C11H9NOS. The number of ketones is 1. The minimum absolute atomic E-state index is 0.0494. The Morgan fingerprint density at radius 3 is 2.57 bits per heavy atom. The van der Waals surface area contributed by atoms with Crippen molar-refractivity contribution in [2.24, 2.45) is 0 Å². The fourth-order valence-corrected chi connectivity index (χ4v) is 1.59. The fourth-order valence-electron chi connectivity index (χ4n) is 1.01. The van der Waals surface area contributed by atoms with Crippen LogP contribution in [-0.2, 0) is 4.79 Å². The van der Waals surface area contributed by atoms with Crippen molar-refractivity contribution in [2.75, 3.05) is 0 Å². The molecule has 0 heterocycles. The van der Waals surface area contributed by atoms with Crippen molar-refractivity contribution in [2.45, 2.75) is 6.92 Å². The zero-order valence-electron chi connectivity index (χ0n) is 7.73. The van der Waals surface area contributed by atoms with E-state index in [0.29, 0.717) is 4.91 Å². The van der Waals surface area contributed by atoms with Crippen molar-refractivity contribution >= 4 is 22.5 Å². The molecule has 0 aliphatic carbocycles. The van der Waals surface area contributed by atoms with Gasteiger partial charge in [-0.15, -0.1) is 0 Å². The predicted molar refractivity (Wildman–Crippen MR) is 58.3 cm³/mol. The summed E-state index contributed by atoms with van der Waals surface area (Å²) >= 11 is 1.00. The van der Waals surface area contributed by atoms with Gasteiger partial charge >= 0.3 is 0 Å². The number of nitrogens with zero attached hydrogens (tertiary/aromatic N) is 1. The van der Waals surface area contributed by atoms with Crippen molar-refractivity contribution in [3.8, 4) is 5.40 Å². The van der Waals surface area contributed by atoms with E-state index in [1.54, 1.807) is 0 Å². The van der Waals surface area contributed by atoms with Gasteiger partial charge in [0, 0.05) is 4.91 Å². The lowest BCUT2D eigenvalue weighted by Gasteiger charge is -2.00. The minimum atomic E-state index is -0.0494. The molecule has 0 unspecified atom stereocenters. The third-order valence-corrected chi connectivity index (χ3v) is 2.21. The normalized spacial score (nSPS) is 10.7. The molecule has 0 radical (unpaired) electrons. The molecule has 0 aliphatic heterocycles. The second-order valence-corrected chi connectivity index (χ2v) is 3.51. The molecule has 1 aromatic rings. The maximum absolute atomic E-state index is 10.9. The SMILES string of the molecule is CC(=O)C=C(SC#N)c1ccccc1. The van der Waals surface area contributed by atoms with Gasteiger partial charge in [-0.1, -0.05) is 30.3 Å². The molecule has 0 spiro atoms. The third-order valence-electron chi connectivity index (χ3n) is 1.55. The number of nitriles is 1. The van der Waals surface area contributed by atoms with Crippen LogP contribution in [0.25, 0.3) is 4.91 Å². The number of thioether (sulfide) groups is 1. The molecule has 2 nitrogen and oxygen atoms in total. The largest absolute Gasteiger partial charge is 0.295 e.